The van der Waals surface area contributed by atoms with Crippen molar-refractivity contribution in [2.75, 3.05) is 0 Å². The van der Waals surface area contributed by atoms with Crippen LogP contribution in [0.25, 0.3) is 11.1 Å². The van der Waals surface area contributed by atoms with Gasteiger partial charge in [-0.05, 0) is 30.5 Å². The van der Waals surface area contributed by atoms with Crippen LogP contribution < -0.4 is 0 Å². The predicted octanol–water partition coefficient (Wildman–Crippen LogP) is 2.60. The second-order valence-corrected chi connectivity index (χ2v) is 3.47. The molecule has 15 heavy (non-hydrogen) atoms. The molecule has 0 amide bonds. The Hall–Kier alpha value is -1.64. The molecule has 0 aliphatic carbocycles. The lowest BCUT2D eigenvalue weighted by molar-refractivity contribution is 0.936. The van der Waals surface area contributed by atoms with E-state index in [-0.39, 0.29) is 0 Å². The van der Waals surface area contributed by atoms with E-state index in [4.69, 9.17) is 0 Å². The quantitative estimate of drug-likeness (QED) is 0.829. The highest BCUT2D eigenvalue weighted by atomic mass is 15.1. The molecular formula is C12H15N3. The molecule has 0 aliphatic rings. The van der Waals surface area contributed by atoms with Crippen LogP contribution in [-0.4, -0.2) is 15.2 Å². The third kappa shape index (κ3) is 1.77. The van der Waals surface area contributed by atoms with Crippen molar-refractivity contribution in [3.63, 3.8) is 0 Å². The van der Waals surface area contributed by atoms with Crippen LogP contribution in [0.5, 0.6) is 0 Å². The van der Waals surface area contributed by atoms with E-state index in [1.54, 1.807) is 0 Å². The van der Waals surface area contributed by atoms with E-state index in [0.717, 1.165) is 18.5 Å². The first-order chi connectivity index (χ1) is 7.36. The van der Waals surface area contributed by atoms with E-state index >= 15 is 0 Å². The Morgan fingerprint density at radius 3 is 2.47 bits per heavy atom. The Morgan fingerprint density at radius 2 is 1.87 bits per heavy atom. The van der Waals surface area contributed by atoms with Crippen LogP contribution in [0.4, 0.5) is 0 Å². The van der Waals surface area contributed by atoms with Gasteiger partial charge in [-0.1, -0.05) is 13.8 Å². The van der Waals surface area contributed by atoms with Crippen molar-refractivity contribution in [1.82, 2.24) is 15.2 Å². The first kappa shape index (κ1) is 9.90. The summed E-state index contributed by atoms with van der Waals surface area (Å²) in [6.45, 7) is 4.26. The van der Waals surface area contributed by atoms with Crippen molar-refractivity contribution >= 4 is 0 Å². The molecule has 2 aromatic heterocycles. The summed E-state index contributed by atoms with van der Waals surface area (Å²) in [5.74, 6) is 0. The Balaban J connectivity index is 2.55. The number of H-pyrrole nitrogens is 1. The van der Waals surface area contributed by atoms with Crippen molar-refractivity contribution in [2.24, 2.45) is 0 Å². The highest BCUT2D eigenvalue weighted by Crippen LogP contribution is 2.26. The SMILES string of the molecule is CCc1n[nH]c(CC)c1-c1ccncc1. The summed E-state index contributed by atoms with van der Waals surface area (Å²) in [5, 5.41) is 7.44. The minimum atomic E-state index is 0.953. The molecular weight excluding hydrogens is 186 g/mol. The first-order valence-corrected chi connectivity index (χ1v) is 5.33. The van der Waals surface area contributed by atoms with Gasteiger partial charge in [-0.25, -0.2) is 0 Å². The number of nitrogens with one attached hydrogen (secondary N) is 1. The molecule has 1 N–H and O–H groups in total. The first-order valence-electron chi connectivity index (χ1n) is 5.33. The van der Waals surface area contributed by atoms with Crippen molar-refractivity contribution in [3.05, 3.63) is 35.9 Å². The van der Waals surface area contributed by atoms with Crippen LogP contribution in [0, 0.1) is 0 Å². The molecule has 0 saturated heterocycles. The molecule has 0 saturated carbocycles. The number of aryl methyl sites for hydroxylation is 2. The third-order valence-corrected chi connectivity index (χ3v) is 2.57. The van der Waals surface area contributed by atoms with Crippen molar-refractivity contribution in [3.8, 4) is 11.1 Å². The number of hydrogen-bond donors (Lipinski definition) is 1. The number of aromatic nitrogens is 3. The van der Waals surface area contributed by atoms with E-state index in [1.165, 1.54) is 16.8 Å². The van der Waals surface area contributed by atoms with E-state index in [2.05, 4.69) is 29.0 Å². The fraction of sp³-hybridized carbons (Fsp3) is 0.333. The largest absolute Gasteiger partial charge is 0.282 e. The number of aromatic amines is 1. The predicted molar refractivity (Wildman–Crippen MR) is 60.6 cm³/mol. The fourth-order valence-corrected chi connectivity index (χ4v) is 1.79. The van der Waals surface area contributed by atoms with Gasteiger partial charge in [0, 0.05) is 23.7 Å². The number of nitrogens with zero attached hydrogens (tertiary/aromatic N) is 2. The zero-order chi connectivity index (χ0) is 10.7. The molecule has 2 aromatic rings. The lowest BCUT2D eigenvalue weighted by Crippen LogP contribution is -1.88. The molecule has 0 aliphatic heterocycles. The number of pyridine rings is 1. The normalized spacial score (nSPS) is 10.5. The standard InChI is InChI=1S/C12H15N3/c1-3-10-12(11(4-2)15-14-10)9-5-7-13-8-6-9/h5-8H,3-4H2,1-2H3,(H,14,15). The molecule has 0 bridgehead atoms. The topological polar surface area (TPSA) is 41.6 Å². The Bertz CT molecular complexity index is 410. The van der Waals surface area contributed by atoms with Crippen molar-refractivity contribution in [2.45, 2.75) is 26.7 Å². The summed E-state index contributed by atoms with van der Waals surface area (Å²) < 4.78 is 0. The molecule has 2 heterocycles. The molecule has 78 valence electrons. The summed E-state index contributed by atoms with van der Waals surface area (Å²) in [7, 11) is 0. The molecule has 3 nitrogen and oxygen atoms in total. The maximum absolute atomic E-state index is 4.34. The summed E-state index contributed by atoms with van der Waals surface area (Å²) in [5.41, 5.74) is 4.80. The van der Waals surface area contributed by atoms with Gasteiger partial charge >= 0.3 is 0 Å². The minimum absolute atomic E-state index is 0.953. The van der Waals surface area contributed by atoms with Crippen LogP contribution in [0.15, 0.2) is 24.5 Å². The summed E-state index contributed by atoms with van der Waals surface area (Å²) in [4.78, 5) is 4.04. The molecule has 3 heteroatoms. The van der Waals surface area contributed by atoms with Gasteiger partial charge in [-0.2, -0.15) is 5.10 Å². The van der Waals surface area contributed by atoms with E-state index in [0.29, 0.717) is 0 Å². The zero-order valence-corrected chi connectivity index (χ0v) is 9.12. The third-order valence-electron chi connectivity index (χ3n) is 2.57. The van der Waals surface area contributed by atoms with Gasteiger partial charge < -0.3 is 0 Å². The Labute approximate surface area is 89.6 Å². The highest BCUT2D eigenvalue weighted by Gasteiger charge is 2.11. The van der Waals surface area contributed by atoms with Crippen LogP contribution in [-0.2, 0) is 12.8 Å². The van der Waals surface area contributed by atoms with Gasteiger partial charge in [0.25, 0.3) is 0 Å². The number of rotatable bonds is 3. The van der Waals surface area contributed by atoms with Crippen LogP contribution >= 0.6 is 0 Å². The Kier molecular flexibility index (Phi) is 2.81. The second kappa shape index (κ2) is 4.26. The maximum atomic E-state index is 4.34. The fourth-order valence-electron chi connectivity index (χ4n) is 1.79. The van der Waals surface area contributed by atoms with Crippen LogP contribution in [0.1, 0.15) is 25.2 Å². The molecule has 0 atom stereocenters. The Morgan fingerprint density at radius 1 is 1.13 bits per heavy atom. The van der Waals surface area contributed by atoms with Gasteiger partial charge in [-0.3, -0.25) is 10.1 Å². The zero-order valence-electron chi connectivity index (χ0n) is 9.12. The molecule has 0 radical (unpaired) electrons. The van der Waals surface area contributed by atoms with Gasteiger partial charge in [-0.15, -0.1) is 0 Å². The smallest absolute Gasteiger partial charge is 0.0700 e. The van der Waals surface area contributed by atoms with E-state index < -0.39 is 0 Å². The molecule has 0 unspecified atom stereocenters. The van der Waals surface area contributed by atoms with E-state index in [1.807, 2.05) is 24.5 Å². The molecule has 0 fully saturated rings. The monoisotopic (exact) mass is 201 g/mol. The second-order valence-electron chi connectivity index (χ2n) is 3.47. The summed E-state index contributed by atoms with van der Waals surface area (Å²) >= 11 is 0. The maximum Gasteiger partial charge on any atom is 0.0700 e. The summed E-state index contributed by atoms with van der Waals surface area (Å²) in [6, 6.07) is 4.06. The number of hydrogen-bond acceptors (Lipinski definition) is 2. The van der Waals surface area contributed by atoms with Gasteiger partial charge in [0.1, 0.15) is 0 Å². The average molecular weight is 201 g/mol. The van der Waals surface area contributed by atoms with Crippen molar-refractivity contribution < 1.29 is 0 Å². The molecule has 2 rings (SSSR count). The van der Waals surface area contributed by atoms with Gasteiger partial charge in [0.2, 0.25) is 0 Å². The minimum Gasteiger partial charge on any atom is -0.282 e. The summed E-state index contributed by atoms with van der Waals surface area (Å²) in [6.07, 6.45) is 5.57. The van der Waals surface area contributed by atoms with Crippen LogP contribution in [0.2, 0.25) is 0 Å². The molecule has 0 spiro atoms. The van der Waals surface area contributed by atoms with E-state index in [9.17, 15) is 0 Å². The van der Waals surface area contributed by atoms with Gasteiger partial charge in [0.05, 0.1) is 5.69 Å². The van der Waals surface area contributed by atoms with Crippen molar-refractivity contribution in [1.29, 1.82) is 0 Å². The van der Waals surface area contributed by atoms with Crippen LogP contribution in [0.3, 0.4) is 0 Å². The lowest BCUT2D eigenvalue weighted by atomic mass is 10.0. The molecule has 0 aromatic carbocycles. The van der Waals surface area contributed by atoms with Gasteiger partial charge in [0.15, 0.2) is 0 Å². The average Bonchev–Trinajstić information content (AvgIpc) is 2.72. The highest BCUT2D eigenvalue weighted by molar-refractivity contribution is 5.68. The lowest BCUT2D eigenvalue weighted by Gasteiger charge is -2.02.